The maximum absolute atomic E-state index is 12.8. The van der Waals surface area contributed by atoms with Gasteiger partial charge in [0.1, 0.15) is 6.04 Å². The number of benzene rings is 1. The molecule has 0 aliphatic heterocycles. The molecule has 0 aliphatic carbocycles. The molecule has 6 nitrogen and oxygen atoms in total. The summed E-state index contributed by atoms with van der Waals surface area (Å²) >= 11 is 5.88. The van der Waals surface area contributed by atoms with Crippen LogP contribution in [-0.4, -0.2) is 33.4 Å². The van der Waals surface area contributed by atoms with E-state index in [4.69, 9.17) is 11.6 Å². The van der Waals surface area contributed by atoms with Gasteiger partial charge in [0, 0.05) is 23.3 Å². The van der Waals surface area contributed by atoms with Crippen molar-refractivity contribution < 1.29 is 19.5 Å². The third-order valence-corrected chi connectivity index (χ3v) is 4.78. The number of amides is 1. The zero-order valence-electron chi connectivity index (χ0n) is 16.5. The number of carboxylic acids is 1. The standard InChI is InChI=1S/C21H25ClN2O4/c1-12(2)9-17(21(27)28)23-18(25)11-16-10-13(3)19(24(16)4)20(26)14-5-7-15(22)8-6-14/h5-8,10,12,17H,9,11H2,1-4H3,(H,23,25)(H,27,28). The largest absolute Gasteiger partial charge is 0.480 e. The summed E-state index contributed by atoms with van der Waals surface area (Å²) in [5.41, 5.74) is 2.39. The zero-order valence-corrected chi connectivity index (χ0v) is 17.2. The monoisotopic (exact) mass is 404 g/mol. The second kappa shape index (κ2) is 9.06. The molecule has 0 saturated carbocycles. The number of aromatic nitrogens is 1. The van der Waals surface area contributed by atoms with Crippen molar-refractivity contribution in [1.29, 1.82) is 0 Å². The first-order valence-corrected chi connectivity index (χ1v) is 9.45. The number of aryl methyl sites for hydroxylation is 1. The number of nitrogens with one attached hydrogen (secondary N) is 1. The maximum Gasteiger partial charge on any atom is 0.326 e. The fourth-order valence-corrected chi connectivity index (χ4v) is 3.29. The van der Waals surface area contributed by atoms with Gasteiger partial charge in [-0.3, -0.25) is 9.59 Å². The lowest BCUT2D eigenvalue weighted by atomic mass is 10.0. The summed E-state index contributed by atoms with van der Waals surface area (Å²) in [6, 6.07) is 7.48. The molecule has 0 bridgehead atoms. The summed E-state index contributed by atoms with van der Waals surface area (Å²) in [6.07, 6.45) is 0.348. The molecule has 2 rings (SSSR count). The molecule has 2 N–H and O–H groups in total. The van der Waals surface area contributed by atoms with E-state index in [2.05, 4.69) is 5.32 Å². The molecule has 1 heterocycles. The van der Waals surface area contributed by atoms with Crippen molar-refractivity contribution in [3.63, 3.8) is 0 Å². The molecule has 150 valence electrons. The van der Waals surface area contributed by atoms with Crippen LogP contribution in [0.5, 0.6) is 0 Å². The first-order valence-electron chi connectivity index (χ1n) is 9.07. The van der Waals surface area contributed by atoms with E-state index >= 15 is 0 Å². The van der Waals surface area contributed by atoms with Crippen LogP contribution in [0.4, 0.5) is 0 Å². The van der Waals surface area contributed by atoms with E-state index < -0.39 is 12.0 Å². The number of hydrogen-bond acceptors (Lipinski definition) is 3. The van der Waals surface area contributed by atoms with Crippen molar-refractivity contribution in [2.75, 3.05) is 0 Å². The van der Waals surface area contributed by atoms with E-state index in [1.165, 1.54) is 0 Å². The third kappa shape index (κ3) is 5.23. The average Bonchev–Trinajstić information content (AvgIpc) is 2.87. The second-order valence-corrected chi connectivity index (χ2v) is 7.76. The molecule has 0 aliphatic rings. The van der Waals surface area contributed by atoms with Crippen molar-refractivity contribution in [3.05, 3.63) is 57.9 Å². The Morgan fingerprint density at radius 2 is 1.79 bits per heavy atom. The molecule has 7 heteroatoms. The Labute approximate surface area is 169 Å². The Hall–Kier alpha value is -2.60. The number of ketones is 1. The first kappa shape index (κ1) is 21.7. The highest BCUT2D eigenvalue weighted by atomic mass is 35.5. The van der Waals surface area contributed by atoms with Crippen LogP contribution in [0.15, 0.2) is 30.3 Å². The highest BCUT2D eigenvalue weighted by Crippen LogP contribution is 2.20. The lowest BCUT2D eigenvalue weighted by Crippen LogP contribution is -2.42. The molecule has 0 radical (unpaired) electrons. The van der Waals surface area contributed by atoms with E-state index in [0.717, 1.165) is 5.56 Å². The van der Waals surface area contributed by atoms with Gasteiger partial charge in [-0.15, -0.1) is 0 Å². The van der Waals surface area contributed by atoms with E-state index in [0.29, 0.717) is 28.4 Å². The topological polar surface area (TPSA) is 88.4 Å². The van der Waals surface area contributed by atoms with Gasteiger partial charge in [-0.05, 0) is 55.2 Å². The van der Waals surface area contributed by atoms with Gasteiger partial charge in [0.15, 0.2) is 0 Å². The minimum Gasteiger partial charge on any atom is -0.480 e. The van der Waals surface area contributed by atoms with E-state index in [1.54, 1.807) is 41.9 Å². The van der Waals surface area contributed by atoms with Gasteiger partial charge in [-0.1, -0.05) is 25.4 Å². The molecule has 28 heavy (non-hydrogen) atoms. The molecule has 1 atom stereocenters. The van der Waals surface area contributed by atoms with Crippen LogP contribution in [0.25, 0.3) is 0 Å². The lowest BCUT2D eigenvalue weighted by Gasteiger charge is -2.16. The Morgan fingerprint density at radius 1 is 1.18 bits per heavy atom. The lowest BCUT2D eigenvalue weighted by molar-refractivity contribution is -0.142. The Bertz CT molecular complexity index is 885. The first-order chi connectivity index (χ1) is 13.1. The number of hydrogen-bond donors (Lipinski definition) is 2. The van der Waals surface area contributed by atoms with E-state index in [1.807, 2.05) is 20.8 Å². The summed E-state index contributed by atoms with van der Waals surface area (Å²) in [5, 5.41) is 12.4. The number of carbonyl (C=O) groups is 3. The average molecular weight is 405 g/mol. The number of halogens is 1. The van der Waals surface area contributed by atoms with Crippen molar-refractivity contribution in [3.8, 4) is 0 Å². The summed E-state index contributed by atoms with van der Waals surface area (Å²) < 4.78 is 1.68. The van der Waals surface area contributed by atoms with Crippen molar-refractivity contribution >= 4 is 29.3 Å². The molecular formula is C21H25ClN2O4. The minimum atomic E-state index is -1.05. The number of carboxylic acid groups (broad SMARTS) is 1. The van der Waals surface area contributed by atoms with Gasteiger partial charge in [0.05, 0.1) is 12.1 Å². The van der Waals surface area contributed by atoms with Crippen LogP contribution in [0, 0.1) is 12.8 Å². The number of aliphatic carboxylic acids is 1. The van der Waals surface area contributed by atoms with Crippen LogP contribution in [0.2, 0.25) is 5.02 Å². The quantitative estimate of drug-likeness (QED) is 0.660. The van der Waals surface area contributed by atoms with Gasteiger partial charge in [-0.25, -0.2) is 4.79 Å². The SMILES string of the molecule is Cc1cc(CC(=O)NC(CC(C)C)C(=O)O)n(C)c1C(=O)c1ccc(Cl)cc1. The zero-order chi connectivity index (χ0) is 21.0. The Balaban J connectivity index is 2.18. The maximum atomic E-state index is 12.8. The third-order valence-electron chi connectivity index (χ3n) is 4.53. The Kier molecular flexibility index (Phi) is 7.02. The predicted molar refractivity (Wildman–Crippen MR) is 108 cm³/mol. The normalized spacial score (nSPS) is 12.1. The second-order valence-electron chi connectivity index (χ2n) is 7.33. The van der Waals surface area contributed by atoms with E-state index in [-0.39, 0.29) is 24.0 Å². The smallest absolute Gasteiger partial charge is 0.326 e. The molecular weight excluding hydrogens is 380 g/mol. The predicted octanol–water partition coefficient (Wildman–Crippen LogP) is 3.38. The Morgan fingerprint density at radius 3 is 2.32 bits per heavy atom. The molecule has 1 unspecified atom stereocenters. The molecule has 0 saturated heterocycles. The van der Waals surface area contributed by atoms with Crippen LogP contribution < -0.4 is 5.32 Å². The van der Waals surface area contributed by atoms with Gasteiger partial charge in [0.2, 0.25) is 11.7 Å². The number of nitrogens with zero attached hydrogens (tertiary/aromatic N) is 1. The molecule has 0 spiro atoms. The molecule has 0 fully saturated rings. The molecule has 1 aromatic carbocycles. The van der Waals surface area contributed by atoms with Gasteiger partial charge in [0.25, 0.3) is 0 Å². The van der Waals surface area contributed by atoms with Crippen molar-refractivity contribution in [2.24, 2.45) is 13.0 Å². The van der Waals surface area contributed by atoms with Gasteiger partial charge < -0.3 is 15.0 Å². The summed E-state index contributed by atoms with van der Waals surface area (Å²) in [6.45, 7) is 5.61. The summed E-state index contributed by atoms with van der Waals surface area (Å²) in [4.78, 5) is 36.6. The highest BCUT2D eigenvalue weighted by Gasteiger charge is 2.23. The molecule has 1 amide bonds. The number of carbonyl (C=O) groups excluding carboxylic acids is 2. The fourth-order valence-electron chi connectivity index (χ4n) is 3.16. The number of rotatable bonds is 8. The van der Waals surface area contributed by atoms with Crippen molar-refractivity contribution in [2.45, 2.75) is 39.7 Å². The highest BCUT2D eigenvalue weighted by molar-refractivity contribution is 6.30. The van der Waals surface area contributed by atoms with Gasteiger partial charge in [-0.2, -0.15) is 0 Å². The van der Waals surface area contributed by atoms with Crippen molar-refractivity contribution in [1.82, 2.24) is 9.88 Å². The van der Waals surface area contributed by atoms with E-state index in [9.17, 15) is 19.5 Å². The fraction of sp³-hybridized carbons (Fsp3) is 0.381. The van der Waals surface area contributed by atoms with Crippen LogP contribution in [0.1, 0.15) is 47.6 Å². The molecule has 1 aromatic heterocycles. The van der Waals surface area contributed by atoms with Crippen LogP contribution in [-0.2, 0) is 23.1 Å². The van der Waals surface area contributed by atoms with Crippen LogP contribution >= 0.6 is 11.6 Å². The summed E-state index contributed by atoms with van der Waals surface area (Å²) in [5.74, 6) is -1.46. The van der Waals surface area contributed by atoms with Gasteiger partial charge >= 0.3 is 5.97 Å². The minimum absolute atomic E-state index is 0.00683. The van der Waals surface area contributed by atoms with Crippen LogP contribution in [0.3, 0.4) is 0 Å². The molecule has 2 aromatic rings. The summed E-state index contributed by atoms with van der Waals surface area (Å²) in [7, 11) is 1.72.